The van der Waals surface area contributed by atoms with E-state index >= 15 is 0 Å². The lowest BCUT2D eigenvalue weighted by Crippen LogP contribution is -1.97. The molecule has 0 spiro atoms. The summed E-state index contributed by atoms with van der Waals surface area (Å²) in [6, 6.07) is 16.5. The molecular formula is C16H17O. The van der Waals surface area contributed by atoms with E-state index in [0.29, 0.717) is 0 Å². The Morgan fingerprint density at radius 1 is 1.00 bits per heavy atom. The highest BCUT2D eigenvalue weighted by Gasteiger charge is 2.03. The SMILES string of the molecule is [CH2]c1ccc(-c2ccccc2)cc1OCCC. The van der Waals surface area contributed by atoms with Crippen LogP contribution in [0.5, 0.6) is 5.75 Å². The Morgan fingerprint density at radius 2 is 1.76 bits per heavy atom. The predicted molar refractivity (Wildman–Crippen MR) is 72.1 cm³/mol. The van der Waals surface area contributed by atoms with Crippen LogP contribution in [0.3, 0.4) is 0 Å². The number of rotatable bonds is 4. The van der Waals surface area contributed by atoms with Crippen LogP contribution in [0.2, 0.25) is 0 Å². The lowest BCUT2D eigenvalue weighted by molar-refractivity contribution is 0.316. The van der Waals surface area contributed by atoms with Gasteiger partial charge >= 0.3 is 0 Å². The van der Waals surface area contributed by atoms with E-state index in [-0.39, 0.29) is 0 Å². The van der Waals surface area contributed by atoms with Gasteiger partial charge in [-0.3, -0.25) is 0 Å². The van der Waals surface area contributed by atoms with E-state index in [0.717, 1.165) is 24.3 Å². The molecule has 0 atom stereocenters. The molecule has 0 fully saturated rings. The maximum absolute atomic E-state index is 5.69. The summed E-state index contributed by atoms with van der Waals surface area (Å²) in [5.41, 5.74) is 3.32. The first kappa shape index (κ1) is 11.7. The van der Waals surface area contributed by atoms with Gasteiger partial charge in [0.15, 0.2) is 0 Å². The average molecular weight is 225 g/mol. The van der Waals surface area contributed by atoms with Crippen LogP contribution in [-0.4, -0.2) is 6.61 Å². The third-order valence-corrected chi connectivity index (χ3v) is 2.64. The topological polar surface area (TPSA) is 9.23 Å². The van der Waals surface area contributed by atoms with Gasteiger partial charge in [0.2, 0.25) is 0 Å². The molecule has 0 amide bonds. The van der Waals surface area contributed by atoms with E-state index in [1.54, 1.807) is 0 Å². The van der Waals surface area contributed by atoms with Crippen LogP contribution in [0.1, 0.15) is 18.9 Å². The van der Waals surface area contributed by atoms with E-state index in [9.17, 15) is 0 Å². The standard InChI is InChI=1S/C16H17O/c1-3-11-17-16-12-15(10-9-13(16)2)14-7-5-4-6-8-14/h4-10,12H,2-3,11H2,1H3. The fraction of sp³-hybridized carbons (Fsp3) is 0.188. The van der Waals surface area contributed by atoms with Crippen LogP contribution < -0.4 is 4.74 Å². The van der Waals surface area contributed by atoms with Crippen LogP contribution in [-0.2, 0) is 0 Å². The molecule has 0 bridgehead atoms. The third-order valence-electron chi connectivity index (χ3n) is 2.64. The van der Waals surface area contributed by atoms with E-state index in [1.807, 2.05) is 24.3 Å². The second kappa shape index (κ2) is 5.53. The van der Waals surface area contributed by atoms with Gasteiger partial charge in [-0.15, -0.1) is 0 Å². The average Bonchev–Trinajstić information content (AvgIpc) is 2.39. The monoisotopic (exact) mass is 225 g/mol. The van der Waals surface area contributed by atoms with Crippen molar-refractivity contribution in [3.8, 4) is 16.9 Å². The van der Waals surface area contributed by atoms with Crippen LogP contribution >= 0.6 is 0 Å². The quantitative estimate of drug-likeness (QED) is 0.752. The van der Waals surface area contributed by atoms with Crippen molar-refractivity contribution in [2.24, 2.45) is 0 Å². The molecule has 0 aliphatic rings. The Labute approximate surface area is 103 Å². The Bertz CT molecular complexity index is 474. The first-order valence-corrected chi connectivity index (χ1v) is 5.95. The summed E-state index contributed by atoms with van der Waals surface area (Å²) in [7, 11) is 0. The lowest BCUT2D eigenvalue weighted by atomic mass is 10.0. The van der Waals surface area contributed by atoms with E-state index in [1.165, 1.54) is 11.1 Å². The number of ether oxygens (including phenoxy) is 1. The molecule has 2 aromatic carbocycles. The summed E-state index contributed by atoms with van der Waals surface area (Å²) in [5, 5.41) is 0. The van der Waals surface area contributed by atoms with Gasteiger partial charge in [0.1, 0.15) is 5.75 Å². The number of hydrogen-bond donors (Lipinski definition) is 0. The smallest absolute Gasteiger partial charge is 0.123 e. The predicted octanol–water partition coefficient (Wildman–Crippen LogP) is 4.32. The van der Waals surface area contributed by atoms with Gasteiger partial charge in [-0.1, -0.05) is 49.4 Å². The molecule has 0 N–H and O–H groups in total. The molecule has 2 aromatic rings. The first-order chi connectivity index (χ1) is 8.31. The number of benzene rings is 2. The normalized spacial score (nSPS) is 10.2. The summed E-state index contributed by atoms with van der Waals surface area (Å²) in [4.78, 5) is 0. The van der Waals surface area contributed by atoms with Crippen molar-refractivity contribution in [1.29, 1.82) is 0 Å². The molecule has 0 saturated carbocycles. The Morgan fingerprint density at radius 3 is 2.47 bits per heavy atom. The van der Waals surface area contributed by atoms with Gasteiger partial charge in [0, 0.05) is 0 Å². The lowest BCUT2D eigenvalue weighted by Gasteiger charge is -2.10. The molecule has 1 radical (unpaired) electrons. The Balaban J connectivity index is 2.31. The molecule has 1 heteroatoms. The minimum Gasteiger partial charge on any atom is -0.493 e. The van der Waals surface area contributed by atoms with E-state index in [2.05, 4.69) is 38.1 Å². The molecule has 2 rings (SSSR count). The van der Waals surface area contributed by atoms with Gasteiger partial charge in [-0.25, -0.2) is 0 Å². The second-order valence-electron chi connectivity index (χ2n) is 4.04. The van der Waals surface area contributed by atoms with Crippen LogP contribution in [0.15, 0.2) is 48.5 Å². The highest BCUT2D eigenvalue weighted by atomic mass is 16.5. The van der Waals surface area contributed by atoms with Crippen molar-refractivity contribution < 1.29 is 4.74 Å². The van der Waals surface area contributed by atoms with Gasteiger partial charge in [0.05, 0.1) is 6.61 Å². The zero-order chi connectivity index (χ0) is 12.1. The van der Waals surface area contributed by atoms with Crippen molar-refractivity contribution in [1.82, 2.24) is 0 Å². The molecule has 87 valence electrons. The number of hydrogen-bond acceptors (Lipinski definition) is 1. The fourth-order valence-corrected chi connectivity index (χ4v) is 1.71. The van der Waals surface area contributed by atoms with Crippen molar-refractivity contribution in [2.45, 2.75) is 13.3 Å². The molecular weight excluding hydrogens is 208 g/mol. The van der Waals surface area contributed by atoms with Gasteiger partial charge in [0.25, 0.3) is 0 Å². The van der Waals surface area contributed by atoms with Crippen LogP contribution in [0, 0.1) is 6.92 Å². The molecule has 0 aromatic heterocycles. The van der Waals surface area contributed by atoms with Gasteiger partial charge in [-0.05, 0) is 36.1 Å². The second-order valence-corrected chi connectivity index (χ2v) is 4.04. The Hall–Kier alpha value is -1.76. The summed E-state index contributed by atoms with van der Waals surface area (Å²) >= 11 is 0. The van der Waals surface area contributed by atoms with Crippen molar-refractivity contribution in [2.75, 3.05) is 6.61 Å². The highest BCUT2D eigenvalue weighted by Crippen LogP contribution is 2.26. The summed E-state index contributed by atoms with van der Waals surface area (Å²) in [6.07, 6.45) is 1.01. The van der Waals surface area contributed by atoms with Gasteiger partial charge < -0.3 is 4.74 Å². The first-order valence-electron chi connectivity index (χ1n) is 5.95. The zero-order valence-corrected chi connectivity index (χ0v) is 10.1. The minimum absolute atomic E-state index is 0.737. The molecule has 0 aliphatic carbocycles. The molecule has 0 unspecified atom stereocenters. The summed E-state index contributed by atoms with van der Waals surface area (Å²) in [5.74, 6) is 0.883. The van der Waals surface area contributed by atoms with Crippen LogP contribution in [0.4, 0.5) is 0 Å². The summed E-state index contributed by atoms with van der Waals surface area (Å²) in [6.45, 7) is 6.82. The largest absolute Gasteiger partial charge is 0.493 e. The molecule has 0 aliphatic heterocycles. The molecule has 1 nitrogen and oxygen atoms in total. The maximum atomic E-state index is 5.69. The fourth-order valence-electron chi connectivity index (χ4n) is 1.71. The van der Waals surface area contributed by atoms with E-state index < -0.39 is 0 Å². The van der Waals surface area contributed by atoms with Crippen molar-refractivity contribution in [3.05, 3.63) is 61.0 Å². The Kier molecular flexibility index (Phi) is 3.81. The van der Waals surface area contributed by atoms with Crippen molar-refractivity contribution >= 4 is 0 Å². The highest BCUT2D eigenvalue weighted by molar-refractivity contribution is 5.66. The van der Waals surface area contributed by atoms with Crippen LogP contribution in [0.25, 0.3) is 11.1 Å². The van der Waals surface area contributed by atoms with E-state index in [4.69, 9.17) is 4.74 Å². The molecule has 0 saturated heterocycles. The zero-order valence-electron chi connectivity index (χ0n) is 10.1. The summed E-state index contributed by atoms with van der Waals surface area (Å²) < 4.78 is 5.69. The minimum atomic E-state index is 0.737. The van der Waals surface area contributed by atoms with Crippen molar-refractivity contribution in [3.63, 3.8) is 0 Å². The molecule has 17 heavy (non-hydrogen) atoms. The molecule has 0 heterocycles. The maximum Gasteiger partial charge on any atom is 0.123 e. The van der Waals surface area contributed by atoms with Gasteiger partial charge in [-0.2, -0.15) is 0 Å². The third kappa shape index (κ3) is 2.88.